The number of halogens is 5. The molecule has 9 heteroatoms. The molecule has 1 rings (SSSR count). The van der Waals surface area contributed by atoms with E-state index in [4.69, 9.17) is 5.26 Å². The Morgan fingerprint density at radius 3 is 2.44 bits per heavy atom. The van der Waals surface area contributed by atoms with Crippen LogP contribution in [-0.2, 0) is 0 Å². The van der Waals surface area contributed by atoms with E-state index in [0.717, 1.165) is 6.07 Å². The van der Waals surface area contributed by atoms with Crippen molar-refractivity contribution < 1.29 is 31.5 Å². The van der Waals surface area contributed by atoms with Crippen molar-refractivity contribution in [2.24, 2.45) is 0 Å². The molecule has 0 atom stereocenters. The zero-order chi connectivity index (χ0) is 13.9. The summed E-state index contributed by atoms with van der Waals surface area (Å²) in [4.78, 5) is 13.5. The SMILES string of the molecule is N#Cc1c(C(F)F)cnc(C=O)c1OC(F)(F)F. The van der Waals surface area contributed by atoms with E-state index in [9.17, 15) is 26.7 Å². The summed E-state index contributed by atoms with van der Waals surface area (Å²) >= 11 is 0. The maximum Gasteiger partial charge on any atom is 0.573 e. The van der Waals surface area contributed by atoms with Gasteiger partial charge in [-0.1, -0.05) is 0 Å². The van der Waals surface area contributed by atoms with Gasteiger partial charge in [-0.2, -0.15) is 5.26 Å². The Morgan fingerprint density at radius 1 is 1.44 bits per heavy atom. The Balaban J connectivity index is 3.48. The van der Waals surface area contributed by atoms with Gasteiger partial charge in [-0.25, -0.2) is 13.8 Å². The van der Waals surface area contributed by atoms with Crippen LogP contribution in [0, 0.1) is 11.3 Å². The topological polar surface area (TPSA) is 63.0 Å². The van der Waals surface area contributed by atoms with E-state index in [2.05, 4.69) is 9.72 Å². The van der Waals surface area contributed by atoms with Gasteiger partial charge in [-0.15, -0.1) is 13.2 Å². The maximum atomic E-state index is 12.4. The third-order valence-corrected chi connectivity index (χ3v) is 1.77. The lowest BCUT2D eigenvalue weighted by Crippen LogP contribution is -2.20. The minimum Gasteiger partial charge on any atom is -0.402 e. The summed E-state index contributed by atoms with van der Waals surface area (Å²) in [7, 11) is 0. The van der Waals surface area contributed by atoms with Gasteiger partial charge < -0.3 is 4.74 Å². The number of aromatic nitrogens is 1. The average Bonchev–Trinajstić information content (AvgIpc) is 2.26. The van der Waals surface area contributed by atoms with Crippen molar-refractivity contribution in [2.75, 3.05) is 0 Å². The van der Waals surface area contributed by atoms with Crippen molar-refractivity contribution in [3.8, 4) is 11.8 Å². The van der Waals surface area contributed by atoms with Crippen LogP contribution in [0.15, 0.2) is 6.20 Å². The summed E-state index contributed by atoms with van der Waals surface area (Å²) in [5, 5.41) is 8.59. The second kappa shape index (κ2) is 4.95. The number of carbonyl (C=O) groups excluding carboxylic acids is 1. The number of carbonyl (C=O) groups is 1. The van der Waals surface area contributed by atoms with Gasteiger partial charge in [0, 0.05) is 6.20 Å². The number of hydrogen-bond donors (Lipinski definition) is 0. The molecule has 0 N–H and O–H groups in total. The van der Waals surface area contributed by atoms with Gasteiger partial charge in [0.25, 0.3) is 6.43 Å². The lowest BCUT2D eigenvalue weighted by Gasteiger charge is -2.13. The highest BCUT2D eigenvalue weighted by Crippen LogP contribution is 2.33. The van der Waals surface area contributed by atoms with Crippen molar-refractivity contribution in [1.82, 2.24) is 4.98 Å². The van der Waals surface area contributed by atoms with Crippen molar-refractivity contribution in [3.63, 3.8) is 0 Å². The molecule has 0 aliphatic carbocycles. The Hall–Kier alpha value is -2.24. The molecule has 0 unspecified atom stereocenters. The minimum absolute atomic E-state index is 0.128. The Bertz CT molecular complexity index is 507. The molecule has 96 valence electrons. The second-order valence-corrected chi connectivity index (χ2v) is 2.88. The zero-order valence-corrected chi connectivity index (χ0v) is 8.33. The van der Waals surface area contributed by atoms with Crippen molar-refractivity contribution in [3.05, 3.63) is 23.0 Å². The molecule has 0 aliphatic rings. The molecule has 0 amide bonds. The van der Waals surface area contributed by atoms with Crippen LogP contribution >= 0.6 is 0 Å². The first-order chi connectivity index (χ1) is 8.30. The molecule has 0 fully saturated rings. The van der Waals surface area contributed by atoms with Crippen LogP contribution in [0.3, 0.4) is 0 Å². The maximum absolute atomic E-state index is 12.4. The van der Waals surface area contributed by atoms with Gasteiger partial charge in [-0.05, 0) is 0 Å². The van der Waals surface area contributed by atoms with Crippen LogP contribution in [0.4, 0.5) is 22.0 Å². The molecule has 18 heavy (non-hydrogen) atoms. The van der Waals surface area contributed by atoms with E-state index in [1.54, 1.807) is 0 Å². The number of alkyl halides is 5. The molecule has 1 heterocycles. The molecule has 1 aromatic rings. The number of aldehydes is 1. The van der Waals surface area contributed by atoms with Crippen molar-refractivity contribution >= 4 is 6.29 Å². The first-order valence-corrected chi connectivity index (χ1v) is 4.22. The van der Waals surface area contributed by atoms with Crippen molar-refractivity contribution in [1.29, 1.82) is 5.26 Å². The summed E-state index contributed by atoms with van der Waals surface area (Å²) in [6.45, 7) is 0. The fraction of sp³-hybridized carbons (Fsp3) is 0.222. The quantitative estimate of drug-likeness (QED) is 0.623. The molecule has 0 spiro atoms. The van der Waals surface area contributed by atoms with Crippen LogP contribution < -0.4 is 4.74 Å². The zero-order valence-electron chi connectivity index (χ0n) is 8.33. The van der Waals surface area contributed by atoms with Gasteiger partial charge in [0.05, 0.1) is 5.56 Å². The first kappa shape index (κ1) is 13.8. The van der Waals surface area contributed by atoms with Crippen LogP contribution in [0.25, 0.3) is 0 Å². The summed E-state index contributed by atoms with van der Waals surface area (Å²) in [6.07, 6.45) is -8.12. The molecule has 0 radical (unpaired) electrons. The predicted octanol–water partition coefficient (Wildman–Crippen LogP) is 2.60. The van der Waals surface area contributed by atoms with E-state index in [-0.39, 0.29) is 6.29 Å². The van der Waals surface area contributed by atoms with Gasteiger partial charge in [0.2, 0.25) is 0 Å². The minimum atomic E-state index is -5.23. The lowest BCUT2D eigenvalue weighted by atomic mass is 10.1. The number of ether oxygens (including phenoxy) is 1. The molecule has 0 saturated carbocycles. The summed E-state index contributed by atoms with van der Waals surface area (Å²) in [5.41, 5.74) is -2.99. The van der Waals surface area contributed by atoms with Gasteiger partial charge >= 0.3 is 6.36 Å². The van der Waals surface area contributed by atoms with E-state index < -0.39 is 35.4 Å². The fourth-order valence-electron chi connectivity index (χ4n) is 1.11. The summed E-state index contributed by atoms with van der Waals surface area (Å²) in [6, 6.07) is 1.14. The number of nitriles is 1. The summed E-state index contributed by atoms with van der Waals surface area (Å²) in [5.74, 6) is -1.32. The van der Waals surface area contributed by atoms with E-state index in [1.165, 1.54) is 0 Å². The number of hydrogen-bond acceptors (Lipinski definition) is 4. The van der Waals surface area contributed by atoms with Crippen molar-refractivity contribution in [2.45, 2.75) is 12.8 Å². The highest BCUT2D eigenvalue weighted by molar-refractivity contribution is 5.78. The van der Waals surface area contributed by atoms with Gasteiger partial charge in [0.15, 0.2) is 12.0 Å². The van der Waals surface area contributed by atoms with Gasteiger partial charge in [0.1, 0.15) is 17.3 Å². The van der Waals surface area contributed by atoms with Crippen LogP contribution in [-0.4, -0.2) is 17.6 Å². The lowest BCUT2D eigenvalue weighted by molar-refractivity contribution is -0.274. The Kier molecular flexibility index (Phi) is 3.80. The Morgan fingerprint density at radius 2 is 2.06 bits per heavy atom. The first-order valence-electron chi connectivity index (χ1n) is 4.22. The number of nitrogens with zero attached hydrogens (tertiary/aromatic N) is 2. The smallest absolute Gasteiger partial charge is 0.402 e. The summed E-state index contributed by atoms with van der Waals surface area (Å²) < 4.78 is 64.4. The standard InChI is InChI=1S/C9H3F5N2O2/c10-8(11)5-2-16-6(3-17)7(4(5)1-15)18-9(12,13)14/h2-3,8H. The number of rotatable bonds is 3. The molecular weight excluding hydrogens is 263 g/mol. The molecule has 0 saturated heterocycles. The highest BCUT2D eigenvalue weighted by Gasteiger charge is 2.35. The molecular formula is C9H3F5N2O2. The van der Waals surface area contributed by atoms with Crippen LogP contribution in [0.5, 0.6) is 5.75 Å². The fourth-order valence-corrected chi connectivity index (χ4v) is 1.11. The number of pyridine rings is 1. The molecule has 1 aromatic heterocycles. The predicted molar refractivity (Wildman–Crippen MR) is 46.0 cm³/mol. The largest absolute Gasteiger partial charge is 0.573 e. The average molecular weight is 266 g/mol. The van der Waals surface area contributed by atoms with Crippen LogP contribution in [0.2, 0.25) is 0 Å². The second-order valence-electron chi connectivity index (χ2n) is 2.88. The van der Waals surface area contributed by atoms with E-state index in [0.29, 0.717) is 6.20 Å². The third-order valence-electron chi connectivity index (χ3n) is 1.77. The van der Waals surface area contributed by atoms with Gasteiger partial charge in [-0.3, -0.25) is 4.79 Å². The highest BCUT2D eigenvalue weighted by atomic mass is 19.4. The molecule has 4 nitrogen and oxygen atoms in total. The van der Waals surface area contributed by atoms with Crippen LogP contribution in [0.1, 0.15) is 28.0 Å². The molecule has 0 bridgehead atoms. The van der Waals surface area contributed by atoms with E-state index in [1.807, 2.05) is 0 Å². The normalized spacial score (nSPS) is 11.2. The molecule has 0 aliphatic heterocycles. The van der Waals surface area contributed by atoms with E-state index >= 15 is 0 Å². The third kappa shape index (κ3) is 2.91. The monoisotopic (exact) mass is 266 g/mol. The Labute approximate surface area is 96.6 Å². The molecule has 0 aromatic carbocycles.